The van der Waals surface area contributed by atoms with Crippen molar-refractivity contribution in [1.82, 2.24) is 24.6 Å². The van der Waals surface area contributed by atoms with Gasteiger partial charge in [-0.3, -0.25) is 0 Å². The van der Waals surface area contributed by atoms with Gasteiger partial charge in [-0.15, -0.1) is 0 Å². The van der Waals surface area contributed by atoms with Crippen LogP contribution in [0.1, 0.15) is 25.8 Å². The van der Waals surface area contributed by atoms with Crippen molar-refractivity contribution in [1.29, 1.82) is 0 Å². The number of likely N-dealkylation sites (N-methyl/N-ethyl adjacent to an activating group) is 1. The zero-order valence-corrected chi connectivity index (χ0v) is 11.1. The first-order valence-electron chi connectivity index (χ1n) is 6.36. The number of fused-ring (bicyclic) bond motifs is 1. The van der Waals surface area contributed by atoms with Crippen LogP contribution in [0.2, 0.25) is 5.28 Å². The molecule has 1 atom stereocenters. The number of hydrogen-bond donors (Lipinski definition) is 0. The maximum atomic E-state index is 5.87. The Morgan fingerprint density at radius 2 is 2.33 bits per heavy atom. The standard InChI is InChI=1S/C12H16ClN5/c1-2-17-5-3-4-10(8-17)18-11-9(7-15-18)6-14-12(13)16-11/h6-7,10H,2-5,8H2,1H3/t10-/m1/s1. The molecule has 2 aromatic rings. The highest BCUT2D eigenvalue weighted by Gasteiger charge is 2.22. The minimum absolute atomic E-state index is 0.285. The number of likely N-dealkylation sites (tertiary alicyclic amines) is 1. The zero-order valence-electron chi connectivity index (χ0n) is 10.4. The van der Waals surface area contributed by atoms with Crippen molar-refractivity contribution in [2.75, 3.05) is 19.6 Å². The summed E-state index contributed by atoms with van der Waals surface area (Å²) in [6, 6.07) is 0.391. The van der Waals surface area contributed by atoms with Crippen molar-refractivity contribution in [3.63, 3.8) is 0 Å². The lowest BCUT2D eigenvalue weighted by atomic mass is 10.1. The molecule has 0 radical (unpaired) electrons. The van der Waals surface area contributed by atoms with Crippen LogP contribution >= 0.6 is 11.6 Å². The molecular formula is C12H16ClN5. The molecule has 1 fully saturated rings. The molecule has 3 heterocycles. The topological polar surface area (TPSA) is 46.8 Å². The molecule has 0 aliphatic carbocycles. The molecule has 0 aromatic carbocycles. The average Bonchev–Trinajstić information content (AvgIpc) is 2.81. The fourth-order valence-corrected chi connectivity index (χ4v) is 2.73. The summed E-state index contributed by atoms with van der Waals surface area (Å²) in [5.41, 5.74) is 0.845. The molecular weight excluding hydrogens is 250 g/mol. The first-order valence-corrected chi connectivity index (χ1v) is 6.74. The lowest BCUT2D eigenvalue weighted by Gasteiger charge is -2.31. The molecule has 0 saturated carbocycles. The van der Waals surface area contributed by atoms with E-state index in [1.54, 1.807) is 6.20 Å². The minimum atomic E-state index is 0.285. The third kappa shape index (κ3) is 2.08. The fraction of sp³-hybridized carbons (Fsp3) is 0.583. The van der Waals surface area contributed by atoms with Gasteiger partial charge in [0.1, 0.15) is 0 Å². The summed E-state index contributed by atoms with van der Waals surface area (Å²) in [5.74, 6) is 0. The Bertz CT molecular complexity index is 552. The van der Waals surface area contributed by atoms with E-state index in [4.69, 9.17) is 11.6 Å². The third-order valence-electron chi connectivity index (χ3n) is 3.58. The van der Waals surface area contributed by atoms with E-state index in [1.807, 2.05) is 10.9 Å². The summed E-state index contributed by atoms with van der Waals surface area (Å²) < 4.78 is 2.00. The molecule has 0 unspecified atom stereocenters. The summed E-state index contributed by atoms with van der Waals surface area (Å²) >= 11 is 5.87. The Labute approximate surface area is 111 Å². The maximum Gasteiger partial charge on any atom is 0.224 e. The second kappa shape index (κ2) is 4.82. The van der Waals surface area contributed by atoms with E-state index in [0.29, 0.717) is 6.04 Å². The smallest absolute Gasteiger partial charge is 0.224 e. The summed E-state index contributed by atoms with van der Waals surface area (Å²) in [6.45, 7) is 5.50. The van der Waals surface area contributed by atoms with Gasteiger partial charge in [0.15, 0.2) is 5.65 Å². The second-order valence-electron chi connectivity index (χ2n) is 4.70. The number of halogens is 1. The predicted octanol–water partition coefficient (Wildman–Crippen LogP) is 2.14. The van der Waals surface area contributed by atoms with Crippen LogP contribution in [-0.2, 0) is 0 Å². The van der Waals surface area contributed by atoms with Gasteiger partial charge in [0.25, 0.3) is 0 Å². The van der Waals surface area contributed by atoms with Crippen LogP contribution in [0.25, 0.3) is 11.0 Å². The van der Waals surface area contributed by atoms with Crippen molar-refractivity contribution in [2.24, 2.45) is 0 Å². The van der Waals surface area contributed by atoms with Gasteiger partial charge < -0.3 is 4.90 Å². The number of aromatic nitrogens is 4. The molecule has 2 aromatic heterocycles. The summed E-state index contributed by atoms with van der Waals surface area (Å²) in [5, 5.41) is 5.69. The zero-order chi connectivity index (χ0) is 12.5. The van der Waals surface area contributed by atoms with Crippen LogP contribution in [-0.4, -0.2) is 44.3 Å². The summed E-state index contributed by atoms with van der Waals surface area (Å²) in [4.78, 5) is 10.7. The molecule has 0 bridgehead atoms. The van der Waals surface area contributed by atoms with Crippen LogP contribution in [0, 0.1) is 0 Å². The molecule has 96 valence electrons. The Morgan fingerprint density at radius 1 is 1.44 bits per heavy atom. The Hall–Kier alpha value is -1.20. The minimum Gasteiger partial charge on any atom is -0.301 e. The predicted molar refractivity (Wildman–Crippen MR) is 70.7 cm³/mol. The van der Waals surface area contributed by atoms with E-state index in [2.05, 4.69) is 26.9 Å². The Morgan fingerprint density at radius 3 is 3.17 bits per heavy atom. The van der Waals surface area contributed by atoms with Crippen molar-refractivity contribution < 1.29 is 0 Å². The summed E-state index contributed by atoms with van der Waals surface area (Å²) in [7, 11) is 0. The maximum absolute atomic E-state index is 5.87. The van der Waals surface area contributed by atoms with Crippen LogP contribution < -0.4 is 0 Å². The van der Waals surface area contributed by atoms with Crippen molar-refractivity contribution in [2.45, 2.75) is 25.8 Å². The highest BCUT2D eigenvalue weighted by Crippen LogP contribution is 2.24. The van der Waals surface area contributed by atoms with Crippen LogP contribution in [0.15, 0.2) is 12.4 Å². The quantitative estimate of drug-likeness (QED) is 0.781. The number of hydrogen-bond acceptors (Lipinski definition) is 4. The van der Waals surface area contributed by atoms with Crippen LogP contribution in [0.4, 0.5) is 0 Å². The fourth-order valence-electron chi connectivity index (χ4n) is 2.60. The van der Waals surface area contributed by atoms with Gasteiger partial charge in [-0.2, -0.15) is 10.1 Å². The normalized spacial score (nSPS) is 21.6. The van der Waals surface area contributed by atoms with Gasteiger partial charge in [-0.25, -0.2) is 9.67 Å². The molecule has 18 heavy (non-hydrogen) atoms. The summed E-state index contributed by atoms with van der Waals surface area (Å²) in [6.07, 6.45) is 5.90. The lowest BCUT2D eigenvalue weighted by Crippen LogP contribution is -2.36. The highest BCUT2D eigenvalue weighted by atomic mass is 35.5. The number of nitrogens with zero attached hydrogens (tertiary/aromatic N) is 5. The van der Waals surface area contributed by atoms with E-state index in [-0.39, 0.29) is 5.28 Å². The monoisotopic (exact) mass is 265 g/mol. The van der Waals surface area contributed by atoms with Gasteiger partial charge in [0.2, 0.25) is 5.28 Å². The second-order valence-corrected chi connectivity index (χ2v) is 5.03. The number of rotatable bonds is 2. The van der Waals surface area contributed by atoms with Crippen molar-refractivity contribution in [3.8, 4) is 0 Å². The molecule has 3 rings (SSSR count). The lowest BCUT2D eigenvalue weighted by molar-refractivity contribution is 0.180. The van der Waals surface area contributed by atoms with Gasteiger partial charge >= 0.3 is 0 Å². The molecule has 1 aliphatic heterocycles. The first-order chi connectivity index (χ1) is 8.78. The first kappa shape index (κ1) is 11.9. The van der Waals surface area contributed by atoms with E-state index in [1.165, 1.54) is 13.0 Å². The molecule has 1 aliphatic rings. The molecule has 0 N–H and O–H groups in total. The van der Waals surface area contributed by atoms with Gasteiger partial charge in [-0.1, -0.05) is 6.92 Å². The number of piperidine rings is 1. The van der Waals surface area contributed by atoms with Crippen molar-refractivity contribution in [3.05, 3.63) is 17.7 Å². The van der Waals surface area contributed by atoms with E-state index in [9.17, 15) is 0 Å². The van der Waals surface area contributed by atoms with Gasteiger partial charge in [0, 0.05) is 12.7 Å². The molecule has 5 nitrogen and oxygen atoms in total. The molecule has 1 saturated heterocycles. The molecule has 0 amide bonds. The van der Waals surface area contributed by atoms with Crippen molar-refractivity contribution >= 4 is 22.6 Å². The van der Waals surface area contributed by atoms with Gasteiger partial charge in [0.05, 0.1) is 17.6 Å². The highest BCUT2D eigenvalue weighted by molar-refractivity contribution is 6.28. The SMILES string of the molecule is CCN1CCC[C@@H](n2ncc3cnc(Cl)nc32)C1. The van der Waals surface area contributed by atoms with E-state index >= 15 is 0 Å². The van der Waals surface area contributed by atoms with Crippen LogP contribution in [0.3, 0.4) is 0 Å². The van der Waals surface area contributed by atoms with Gasteiger partial charge in [-0.05, 0) is 37.5 Å². The Balaban J connectivity index is 1.96. The van der Waals surface area contributed by atoms with E-state index < -0.39 is 0 Å². The average molecular weight is 266 g/mol. The van der Waals surface area contributed by atoms with Crippen LogP contribution in [0.5, 0.6) is 0 Å². The third-order valence-corrected chi connectivity index (χ3v) is 3.76. The molecule has 6 heteroatoms. The Kier molecular flexibility index (Phi) is 3.18. The largest absolute Gasteiger partial charge is 0.301 e. The molecule has 0 spiro atoms. The van der Waals surface area contributed by atoms with E-state index in [0.717, 1.165) is 30.5 Å².